The molecule has 0 bridgehead atoms. The second-order valence-electron chi connectivity index (χ2n) is 4.68. The lowest BCUT2D eigenvalue weighted by atomic mass is 10.1. The fourth-order valence-electron chi connectivity index (χ4n) is 2.21. The van der Waals surface area contributed by atoms with Crippen LogP contribution in [0.25, 0.3) is 0 Å². The van der Waals surface area contributed by atoms with Gasteiger partial charge in [0.25, 0.3) is 0 Å². The maximum atomic E-state index is 12.3. The van der Waals surface area contributed by atoms with E-state index in [1.807, 2.05) is 4.57 Å². The van der Waals surface area contributed by atoms with Gasteiger partial charge in [-0.3, -0.25) is 0 Å². The molecule has 6 nitrogen and oxygen atoms in total. The molecule has 3 N–H and O–H groups in total. The number of anilines is 1. The van der Waals surface area contributed by atoms with E-state index < -0.39 is 10.0 Å². The fourth-order valence-corrected chi connectivity index (χ4v) is 3.68. The zero-order chi connectivity index (χ0) is 14.8. The lowest BCUT2D eigenvalue weighted by Gasteiger charge is -2.13. The van der Waals surface area contributed by atoms with E-state index in [2.05, 4.69) is 9.71 Å². The molecular formula is C13H18N4O2S. The summed E-state index contributed by atoms with van der Waals surface area (Å²) in [5.74, 6) is 0. The zero-order valence-electron chi connectivity index (χ0n) is 11.5. The molecule has 108 valence electrons. The van der Waals surface area contributed by atoms with Crippen LogP contribution in [0.3, 0.4) is 0 Å². The standard InChI is InChI=1S/C13H18N4O2S/c1-10-7-12(14)8-11(2)13(10)20(18,19)16-4-6-17-5-3-15-9-17/h3,5,7-9,16H,4,6,14H2,1-2H3. The molecule has 0 saturated heterocycles. The number of aryl methyl sites for hydroxylation is 2. The van der Waals surface area contributed by atoms with E-state index in [-0.39, 0.29) is 0 Å². The molecule has 0 fully saturated rings. The number of benzene rings is 1. The minimum Gasteiger partial charge on any atom is -0.399 e. The number of nitrogens with zero attached hydrogens (tertiary/aromatic N) is 2. The van der Waals surface area contributed by atoms with Crippen LogP contribution in [0.15, 0.2) is 35.7 Å². The second-order valence-corrected chi connectivity index (χ2v) is 6.39. The Morgan fingerprint density at radius 3 is 2.50 bits per heavy atom. The second kappa shape index (κ2) is 5.64. The minimum absolute atomic E-state index is 0.303. The van der Waals surface area contributed by atoms with Crippen LogP contribution < -0.4 is 10.5 Å². The van der Waals surface area contributed by atoms with Crippen molar-refractivity contribution in [2.24, 2.45) is 0 Å². The number of sulfonamides is 1. The SMILES string of the molecule is Cc1cc(N)cc(C)c1S(=O)(=O)NCCn1ccnc1. The van der Waals surface area contributed by atoms with Gasteiger partial charge in [0.1, 0.15) is 0 Å². The number of hydrogen-bond acceptors (Lipinski definition) is 4. The van der Waals surface area contributed by atoms with Crippen LogP contribution >= 0.6 is 0 Å². The van der Waals surface area contributed by atoms with Crippen molar-refractivity contribution in [1.82, 2.24) is 14.3 Å². The summed E-state index contributed by atoms with van der Waals surface area (Å²) in [5, 5.41) is 0. The first kappa shape index (κ1) is 14.5. The molecule has 2 rings (SSSR count). The Bertz CT molecular complexity index is 670. The van der Waals surface area contributed by atoms with Gasteiger partial charge in [0, 0.05) is 31.2 Å². The highest BCUT2D eigenvalue weighted by Crippen LogP contribution is 2.22. The Kier molecular flexibility index (Phi) is 4.10. The van der Waals surface area contributed by atoms with Gasteiger partial charge < -0.3 is 10.3 Å². The summed E-state index contributed by atoms with van der Waals surface area (Å²) in [6, 6.07) is 3.33. The van der Waals surface area contributed by atoms with Crippen LogP contribution in [0.4, 0.5) is 5.69 Å². The molecule has 0 aliphatic carbocycles. The summed E-state index contributed by atoms with van der Waals surface area (Å²) < 4.78 is 29.1. The van der Waals surface area contributed by atoms with E-state index in [0.717, 1.165) is 0 Å². The van der Waals surface area contributed by atoms with E-state index in [4.69, 9.17) is 5.73 Å². The number of hydrogen-bond donors (Lipinski definition) is 2. The highest BCUT2D eigenvalue weighted by Gasteiger charge is 2.19. The largest absolute Gasteiger partial charge is 0.399 e. The lowest BCUT2D eigenvalue weighted by Crippen LogP contribution is -2.28. The van der Waals surface area contributed by atoms with Crippen LogP contribution in [0.1, 0.15) is 11.1 Å². The van der Waals surface area contributed by atoms with Gasteiger partial charge in [0.15, 0.2) is 0 Å². The quantitative estimate of drug-likeness (QED) is 0.807. The van der Waals surface area contributed by atoms with Gasteiger partial charge >= 0.3 is 0 Å². The Morgan fingerprint density at radius 1 is 1.30 bits per heavy atom. The molecule has 0 aliphatic heterocycles. The summed E-state index contributed by atoms with van der Waals surface area (Å²) >= 11 is 0. The third kappa shape index (κ3) is 3.17. The van der Waals surface area contributed by atoms with Crippen molar-refractivity contribution < 1.29 is 8.42 Å². The number of rotatable bonds is 5. The molecular weight excluding hydrogens is 276 g/mol. The first-order valence-corrected chi connectivity index (χ1v) is 7.70. The predicted molar refractivity (Wildman–Crippen MR) is 77.7 cm³/mol. The first-order valence-electron chi connectivity index (χ1n) is 6.22. The van der Waals surface area contributed by atoms with E-state index in [9.17, 15) is 8.42 Å². The normalized spacial score (nSPS) is 11.7. The number of aromatic nitrogens is 2. The van der Waals surface area contributed by atoms with E-state index in [1.54, 1.807) is 44.7 Å². The lowest BCUT2D eigenvalue weighted by molar-refractivity contribution is 0.571. The van der Waals surface area contributed by atoms with Crippen molar-refractivity contribution in [2.75, 3.05) is 12.3 Å². The van der Waals surface area contributed by atoms with Crippen LogP contribution in [0.2, 0.25) is 0 Å². The summed E-state index contributed by atoms with van der Waals surface area (Å²) in [6.45, 7) is 4.33. The zero-order valence-corrected chi connectivity index (χ0v) is 12.3. The molecule has 0 spiro atoms. The molecule has 1 aromatic heterocycles. The van der Waals surface area contributed by atoms with Crippen molar-refractivity contribution in [1.29, 1.82) is 0 Å². The average Bonchev–Trinajstić information content (AvgIpc) is 2.79. The van der Waals surface area contributed by atoms with Gasteiger partial charge in [0.2, 0.25) is 10.0 Å². The van der Waals surface area contributed by atoms with Gasteiger partial charge in [-0.1, -0.05) is 0 Å². The molecule has 0 atom stereocenters. The van der Waals surface area contributed by atoms with E-state index >= 15 is 0 Å². The molecule has 20 heavy (non-hydrogen) atoms. The number of nitrogen functional groups attached to an aromatic ring is 1. The highest BCUT2D eigenvalue weighted by atomic mass is 32.2. The monoisotopic (exact) mass is 294 g/mol. The third-order valence-electron chi connectivity index (χ3n) is 2.97. The van der Waals surface area contributed by atoms with Crippen molar-refractivity contribution in [2.45, 2.75) is 25.3 Å². The van der Waals surface area contributed by atoms with Gasteiger partial charge in [-0.2, -0.15) is 0 Å². The number of imidazole rings is 1. The van der Waals surface area contributed by atoms with Crippen LogP contribution in [-0.4, -0.2) is 24.5 Å². The molecule has 7 heteroatoms. The predicted octanol–water partition coefficient (Wildman–Crippen LogP) is 1.06. The van der Waals surface area contributed by atoms with Crippen LogP contribution in [0.5, 0.6) is 0 Å². The summed E-state index contributed by atoms with van der Waals surface area (Å²) in [4.78, 5) is 4.21. The topological polar surface area (TPSA) is 90.0 Å². The molecule has 1 aromatic carbocycles. The van der Waals surface area contributed by atoms with Gasteiger partial charge in [0.05, 0.1) is 11.2 Å². The van der Waals surface area contributed by atoms with Gasteiger partial charge in [-0.25, -0.2) is 18.1 Å². The molecule has 0 aliphatic rings. The highest BCUT2D eigenvalue weighted by molar-refractivity contribution is 7.89. The van der Waals surface area contributed by atoms with Crippen molar-refractivity contribution in [3.8, 4) is 0 Å². The van der Waals surface area contributed by atoms with E-state index in [1.165, 1.54) is 0 Å². The summed E-state index contributed by atoms with van der Waals surface area (Å²) in [5.41, 5.74) is 7.58. The fraction of sp³-hybridized carbons (Fsp3) is 0.308. The third-order valence-corrected chi connectivity index (χ3v) is 4.74. The number of nitrogens with one attached hydrogen (secondary N) is 1. The minimum atomic E-state index is -3.53. The maximum absolute atomic E-state index is 12.3. The smallest absolute Gasteiger partial charge is 0.241 e. The Balaban J connectivity index is 2.14. The van der Waals surface area contributed by atoms with Gasteiger partial charge in [-0.15, -0.1) is 0 Å². The van der Waals surface area contributed by atoms with Crippen LogP contribution in [-0.2, 0) is 16.6 Å². The Hall–Kier alpha value is -1.86. The number of nitrogens with two attached hydrogens (primary N) is 1. The Labute approximate surface area is 118 Å². The first-order chi connectivity index (χ1) is 9.40. The van der Waals surface area contributed by atoms with Crippen molar-refractivity contribution >= 4 is 15.7 Å². The van der Waals surface area contributed by atoms with Crippen molar-refractivity contribution in [3.05, 3.63) is 42.0 Å². The molecule has 0 radical (unpaired) electrons. The average molecular weight is 294 g/mol. The van der Waals surface area contributed by atoms with Crippen LogP contribution in [0, 0.1) is 13.8 Å². The molecule has 0 amide bonds. The molecule has 2 aromatic rings. The Morgan fingerprint density at radius 2 is 1.95 bits per heavy atom. The summed E-state index contributed by atoms with van der Waals surface area (Å²) in [7, 11) is -3.53. The molecule has 0 saturated carbocycles. The molecule has 1 heterocycles. The van der Waals surface area contributed by atoms with E-state index in [0.29, 0.717) is 34.8 Å². The van der Waals surface area contributed by atoms with Gasteiger partial charge in [-0.05, 0) is 37.1 Å². The summed E-state index contributed by atoms with van der Waals surface area (Å²) in [6.07, 6.45) is 5.09. The maximum Gasteiger partial charge on any atom is 0.241 e. The van der Waals surface area contributed by atoms with Crippen molar-refractivity contribution in [3.63, 3.8) is 0 Å². The molecule has 0 unspecified atom stereocenters.